The van der Waals surface area contributed by atoms with Crippen molar-refractivity contribution >= 4 is 5.95 Å². The van der Waals surface area contributed by atoms with Crippen LogP contribution >= 0.6 is 0 Å². The van der Waals surface area contributed by atoms with E-state index in [4.69, 9.17) is 10.6 Å². The van der Waals surface area contributed by atoms with E-state index in [1.54, 1.807) is 13.3 Å². The molecule has 0 aliphatic heterocycles. The zero-order chi connectivity index (χ0) is 12.3. The Morgan fingerprint density at radius 3 is 2.88 bits per heavy atom. The minimum Gasteiger partial charge on any atom is -0.496 e. The van der Waals surface area contributed by atoms with Crippen LogP contribution in [-0.4, -0.2) is 17.1 Å². The number of rotatable bonds is 4. The molecule has 2 rings (SSSR count). The molecular formula is C12H16N4O. The van der Waals surface area contributed by atoms with Gasteiger partial charge in [-0.1, -0.05) is 13.0 Å². The van der Waals surface area contributed by atoms with Crippen LogP contribution in [0.3, 0.4) is 0 Å². The molecule has 0 fully saturated rings. The Labute approximate surface area is 100.0 Å². The molecule has 0 radical (unpaired) electrons. The number of ether oxygens (including phenoxy) is 1. The Balaban J connectivity index is 2.47. The monoisotopic (exact) mass is 232 g/mol. The van der Waals surface area contributed by atoms with Gasteiger partial charge in [-0.25, -0.2) is 10.8 Å². The first-order valence-corrected chi connectivity index (χ1v) is 5.47. The van der Waals surface area contributed by atoms with Gasteiger partial charge in [0.2, 0.25) is 5.95 Å². The van der Waals surface area contributed by atoms with Gasteiger partial charge in [0.15, 0.2) is 0 Å². The van der Waals surface area contributed by atoms with E-state index in [0.29, 0.717) is 5.95 Å². The van der Waals surface area contributed by atoms with E-state index in [-0.39, 0.29) is 0 Å². The van der Waals surface area contributed by atoms with Gasteiger partial charge in [0.05, 0.1) is 19.0 Å². The van der Waals surface area contributed by atoms with Crippen molar-refractivity contribution < 1.29 is 4.74 Å². The van der Waals surface area contributed by atoms with Gasteiger partial charge in [0.1, 0.15) is 5.75 Å². The molecule has 5 nitrogen and oxygen atoms in total. The van der Waals surface area contributed by atoms with Crippen molar-refractivity contribution in [2.24, 2.45) is 5.84 Å². The number of nitrogens with two attached hydrogens (primary N) is 1. The molecule has 0 aliphatic rings. The highest BCUT2D eigenvalue weighted by atomic mass is 16.5. The summed E-state index contributed by atoms with van der Waals surface area (Å²) in [6.07, 6.45) is 2.71. The number of H-pyrrole nitrogens is 1. The van der Waals surface area contributed by atoms with Gasteiger partial charge in [-0.05, 0) is 24.1 Å². The highest BCUT2D eigenvalue weighted by Gasteiger charge is 2.09. The van der Waals surface area contributed by atoms with Crippen LogP contribution in [0.2, 0.25) is 0 Å². The number of aromatic amines is 1. The number of aromatic nitrogens is 2. The lowest BCUT2D eigenvalue weighted by molar-refractivity contribution is 0.416. The fraction of sp³-hybridized carbons (Fsp3) is 0.250. The van der Waals surface area contributed by atoms with Crippen molar-refractivity contribution in [3.63, 3.8) is 0 Å². The predicted octanol–water partition coefficient (Wildman–Crippen LogP) is 1.93. The van der Waals surface area contributed by atoms with E-state index in [9.17, 15) is 0 Å². The number of benzene rings is 1. The molecule has 0 saturated heterocycles. The number of aryl methyl sites for hydroxylation is 1. The average molecular weight is 232 g/mol. The topological polar surface area (TPSA) is 76.0 Å². The average Bonchev–Trinajstić information content (AvgIpc) is 2.86. The SMILES string of the molecule is CCc1ccc(OC)c(-c2cnc(NN)[nH]2)c1. The van der Waals surface area contributed by atoms with Crippen LogP contribution in [0.5, 0.6) is 5.75 Å². The summed E-state index contributed by atoms with van der Waals surface area (Å²) in [5.41, 5.74) is 5.59. The lowest BCUT2D eigenvalue weighted by Crippen LogP contribution is -2.07. The van der Waals surface area contributed by atoms with Crippen molar-refractivity contribution in [2.75, 3.05) is 12.5 Å². The summed E-state index contributed by atoms with van der Waals surface area (Å²) in [5, 5.41) is 0. The molecule has 0 unspecified atom stereocenters. The molecule has 1 aromatic carbocycles. The Bertz CT molecular complexity index is 507. The van der Waals surface area contributed by atoms with E-state index in [2.05, 4.69) is 34.5 Å². The third-order valence-electron chi connectivity index (χ3n) is 2.67. The smallest absolute Gasteiger partial charge is 0.215 e. The number of anilines is 1. The van der Waals surface area contributed by atoms with Crippen molar-refractivity contribution in [2.45, 2.75) is 13.3 Å². The van der Waals surface area contributed by atoms with Crippen LogP contribution in [-0.2, 0) is 6.42 Å². The van der Waals surface area contributed by atoms with E-state index < -0.39 is 0 Å². The van der Waals surface area contributed by atoms with Gasteiger partial charge < -0.3 is 9.72 Å². The first kappa shape index (κ1) is 11.5. The Kier molecular flexibility index (Phi) is 3.30. The maximum absolute atomic E-state index is 5.34. The van der Waals surface area contributed by atoms with Crippen molar-refractivity contribution in [1.82, 2.24) is 9.97 Å². The lowest BCUT2D eigenvalue weighted by atomic mass is 10.1. The predicted molar refractivity (Wildman–Crippen MR) is 67.8 cm³/mol. The summed E-state index contributed by atoms with van der Waals surface area (Å²) >= 11 is 0. The Hall–Kier alpha value is -2.01. The molecule has 1 aromatic heterocycles. The number of methoxy groups -OCH3 is 1. The Morgan fingerprint density at radius 2 is 2.29 bits per heavy atom. The summed E-state index contributed by atoms with van der Waals surface area (Å²) in [7, 11) is 1.66. The first-order chi connectivity index (χ1) is 8.28. The molecule has 0 bridgehead atoms. The molecule has 90 valence electrons. The van der Waals surface area contributed by atoms with Gasteiger partial charge >= 0.3 is 0 Å². The van der Waals surface area contributed by atoms with Crippen LogP contribution in [0, 0.1) is 0 Å². The van der Waals surface area contributed by atoms with Crippen LogP contribution < -0.4 is 16.0 Å². The zero-order valence-electron chi connectivity index (χ0n) is 9.95. The maximum atomic E-state index is 5.34. The molecule has 0 spiro atoms. The second-order valence-electron chi connectivity index (χ2n) is 3.68. The molecule has 4 N–H and O–H groups in total. The van der Waals surface area contributed by atoms with Crippen LogP contribution in [0.15, 0.2) is 24.4 Å². The molecule has 0 amide bonds. The second-order valence-corrected chi connectivity index (χ2v) is 3.68. The number of hydrogen-bond acceptors (Lipinski definition) is 4. The largest absolute Gasteiger partial charge is 0.496 e. The standard InChI is InChI=1S/C12H16N4O/c1-3-8-4-5-11(17-2)9(6-8)10-7-14-12(15-10)16-13/h4-7H,3,13H2,1-2H3,(H2,14,15,16). The van der Waals surface area contributed by atoms with Crippen LogP contribution in [0.4, 0.5) is 5.95 Å². The number of nitrogens with zero attached hydrogens (tertiary/aromatic N) is 1. The molecule has 2 aromatic rings. The van der Waals surface area contributed by atoms with Crippen molar-refractivity contribution in [3.05, 3.63) is 30.0 Å². The highest BCUT2D eigenvalue weighted by molar-refractivity contribution is 5.68. The number of nitrogens with one attached hydrogen (secondary N) is 2. The minimum atomic E-state index is 0.531. The molecule has 0 saturated carbocycles. The van der Waals surface area contributed by atoms with Gasteiger partial charge in [-0.2, -0.15) is 0 Å². The lowest BCUT2D eigenvalue weighted by Gasteiger charge is -2.08. The van der Waals surface area contributed by atoms with E-state index in [0.717, 1.165) is 23.4 Å². The highest BCUT2D eigenvalue weighted by Crippen LogP contribution is 2.30. The summed E-state index contributed by atoms with van der Waals surface area (Å²) in [4.78, 5) is 7.17. The first-order valence-electron chi connectivity index (χ1n) is 5.47. The summed E-state index contributed by atoms with van der Waals surface area (Å²) in [5.74, 6) is 6.64. The molecule has 5 heteroatoms. The van der Waals surface area contributed by atoms with Crippen LogP contribution in [0.1, 0.15) is 12.5 Å². The summed E-state index contributed by atoms with van der Waals surface area (Å²) in [6, 6.07) is 6.11. The summed E-state index contributed by atoms with van der Waals surface area (Å²) in [6.45, 7) is 2.12. The normalized spacial score (nSPS) is 10.3. The van der Waals surface area contributed by atoms with Gasteiger partial charge in [-0.15, -0.1) is 0 Å². The maximum Gasteiger partial charge on any atom is 0.215 e. The molecular weight excluding hydrogens is 216 g/mol. The minimum absolute atomic E-state index is 0.531. The van der Waals surface area contributed by atoms with E-state index in [1.807, 2.05) is 6.07 Å². The van der Waals surface area contributed by atoms with Crippen LogP contribution in [0.25, 0.3) is 11.3 Å². The quantitative estimate of drug-likeness (QED) is 0.556. The number of hydrazine groups is 1. The van der Waals surface area contributed by atoms with E-state index >= 15 is 0 Å². The van der Waals surface area contributed by atoms with Crippen molar-refractivity contribution in [3.8, 4) is 17.0 Å². The van der Waals surface area contributed by atoms with E-state index in [1.165, 1.54) is 5.56 Å². The third kappa shape index (κ3) is 2.24. The summed E-state index contributed by atoms with van der Waals surface area (Å²) < 4.78 is 5.34. The molecule has 17 heavy (non-hydrogen) atoms. The Morgan fingerprint density at radius 1 is 1.47 bits per heavy atom. The van der Waals surface area contributed by atoms with Gasteiger partial charge in [-0.3, -0.25) is 5.43 Å². The number of hydrogen-bond donors (Lipinski definition) is 3. The second kappa shape index (κ2) is 4.88. The molecule has 0 atom stereocenters. The number of nitrogen functional groups attached to an aromatic ring is 1. The van der Waals surface area contributed by atoms with Crippen molar-refractivity contribution in [1.29, 1.82) is 0 Å². The molecule has 0 aliphatic carbocycles. The fourth-order valence-corrected chi connectivity index (χ4v) is 1.72. The number of imidazole rings is 1. The van der Waals surface area contributed by atoms with Gasteiger partial charge in [0, 0.05) is 5.56 Å². The molecule has 1 heterocycles. The third-order valence-corrected chi connectivity index (χ3v) is 2.67. The zero-order valence-corrected chi connectivity index (χ0v) is 9.95. The fourth-order valence-electron chi connectivity index (χ4n) is 1.72. The van der Waals surface area contributed by atoms with Gasteiger partial charge in [0.25, 0.3) is 0 Å².